The Kier molecular flexibility index (Phi) is 6.60. The summed E-state index contributed by atoms with van der Waals surface area (Å²) in [6.07, 6.45) is 0.540. The lowest BCUT2D eigenvalue weighted by atomic mass is 10.2. The highest BCUT2D eigenvalue weighted by atomic mass is 79.9. The van der Waals surface area contributed by atoms with E-state index in [1.165, 1.54) is 18.2 Å². The van der Waals surface area contributed by atoms with E-state index in [2.05, 4.69) is 20.7 Å². The van der Waals surface area contributed by atoms with Gasteiger partial charge in [-0.3, -0.25) is 0 Å². The van der Waals surface area contributed by atoms with E-state index in [1.54, 1.807) is 6.92 Å². The Bertz CT molecular complexity index is 575. The smallest absolute Gasteiger partial charge is 0.338 e. The first-order chi connectivity index (χ1) is 9.40. The molecule has 0 atom stereocenters. The minimum absolute atomic E-state index is 0.00643. The van der Waals surface area contributed by atoms with Crippen LogP contribution in [0.4, 0.5) is 0 Å². The van der Waals surface area contributed by atoms with E-state index in [4.69, 9.17) is 10.5 Å². The fourth-order valence-electron chi connectivity index (χ4n) is 1.44. The van der Waals surface area contributed by atoms with Crippen LogP contribution in [-0.2, 0) is 14.8 Å². The van der Waals surface area contributed by atoms with Gasteiger partial charge in [0.1, 0.15) is 0 Å². The molecule has 0 aliphatic heterocycles. The lowest BCUT2D eigenvalue weighted by molar-refractivity contribution is 0.0526. The summed E-state index contributed by atoms with van der Waals surface area (Å²) in [7, 11) is -3.67. The highest BCUT2D eigenvalue weighted by Gasteiger charge is 2.17. The van der Waals surface area contributed by atoms with Gasteiger partial charge >= 0.3 is 5.97 Å². The highest BCUT2D eigenvalue weighted by Crippen LogP contribution is 2.20. The fraction of sp³-hybridized carbons (Fsp3) is 0.417. The second-order valence-electron chi connectivity index (χ2n) is 3.94. The van der Waals surface area contributed by atoms with Crippen molar-refractivity contribution in [2.45, 2.75) is 18.2 Å². The number of carbonyl (C=O) groups excluding carboxylic acids is 1. The topological polar surface area (TPSA) is 98.5 Å². The number of sulfonamides is 1. The van der Waals surface area contributed by atoms with Gasteiger partial charge in [0, 0.05) is 11.0 Å². The molecule has 0 unspecified atom stereocenters. The van der Waals surface area contributed by atoms with Gasteiger partial charge in [-0.05, 0) is 38.1 Å². The standard InChI is InChI=1S/C12H17BrN2O4S/c1-2-19-12(16)9-6-10(13)8-11(7-9)20(17,18)15-5-3-4-14/h6-8,15H,2-5,14H2,1H3. The van der Waals surface area contributed by atoms with Gasteiger partial charge in [-0.25, -0.2) is 17.9 Å². The molecule has 112 valence electrons. The number of benzene rings is 1. The van der Waals surface area contributed by atoms with Crippen molar-refractivity contribution in [1.29, 1.82) is 0 Å². The highest BCUT2D eigenvalue weighted by molar-refractivity contribution is 9.10. The van der Waals surface area contributed by atoms with Crippen LogP contribution in [0.15, 0.2) is 27.6 Å². The van der Waals surface area contributed by atoms with Crippen LogP contribution >= 0.6 is 15.9 Å². The van der Waals surface area contributed by atoms with Crippen molar-refractivity contribution in [2.24, 2.45) is 5.73 Å². The van der Waals surface area contributed by atoms with Crippen molar-refractivity contribution in [2.75, 3.05) is 19.7 Å². The van der Waals surface area contributed by atoms with Crippen molar-refractivity contribution >= 4 is 31.9 Å². The molecule has 0 fully saturated rings. The molecule has 0 saturated heterocycles. The third kappa shape index (κ3) is 4.86. The lowest BCUT2D eigenvalue weighted by Gasteiger charge is -2.09. The molecule has 1 aromatic rings. The molecule has 0 bridgehead atoms. The Morgan fingerprint density at radius 1 is 1.40 bits per heavy atom. The van der Waals surface area contributed by atoms with Crippen molar-refractivity contribution < 1.29 is 17.9 Å². The van der Waals surface area contributed by atoms with Gasteiger partial charge < -0.3 is 10.5 Å². The zero-order chi connectivity index (χ0) is 15.2. The molecule has 1 aromatic carbocycles. The maximum atomic E-state index is 12.1. The summed E-state index contributed by atoms with van der Waals surface area (Å²) in [4.78, 5) is 11.7. The molecule has 1 rings (SSSR count). The van der Waals surface area contributed by atoms with E-state index in [-0.39, 0.29) is 23.6 Å². The molecule has 6 nitrogen and oxygen atoms in total. The van der Waals surface area contributed by atoms with Gasteiger partial charge in [-0.2, -0.15) is 0 Å². The molecule has 8 heteroatoms. The summed E-state index contributed by atoms with van der Waals surface area (Å²) >= 11 is 3.19. The van der Waals surface area contributed by atoms with Crippen LogP contribution in [0.2, 0.25) is 0 Å². The Morgan fingerprint density at radius 2 is 2.10 bits per heavy atom. The molecule has 0 amide bonds. The molecular weight excluding hydrogens is 348 g/mol. The van der Waals surface area contributed by atoms with Crippen molar-refractivity contribution in [3.8, 4) is 0 Å². The Hall–Kier alpha value is -0.960. The largest absolute Gasteiger partial charge is 0.462 e. The maximum absolute atomic E-state index is 12.1. The predicted molar refractivity (Wildman–Crippen MR) is 79.0 cm³/mol. The number of carbonyl (C=O) groups is 1. The Morgan fingerprint density at radius 3 is 2.70 bits per heavy atom. The van der Waals surface area contributed by atoms with Gasteiger partial charge in [0.15, 0.2) is 0 Å². The lowest BCUT2D eigenvalue weighted by Crippen LogP contribution is -2.26. The van der Waals surface area contributed by atoms with E-state index in [9.17, 15) is 13.2 Å². The average Bonchev–Trinajstić information content (AvgIpc) is 2.38. The normalized spacial score (nSPS) is 11.3. The number of halogens is 1. The summed E-state index contributed by atoms with van der Waals surface area (Å²) in [6.45, 7) is 2.55. The van der Waals surface area contributed by atoms with Crippen LogP contribution in [0.1, 0.15) is 23.7 Å². The molecular formula is C12H17BrN2O4S. The summed E-state index contributed by atoms with van der Waals surface area (Å²) in [5.41, 5.74) is 5.50. The molecule has 3 N–H and O–H groups in total. The molecule has 0 radical (unpaired) electrons. The third-order valence-corrected chi connectivity index (χ3v) is 4.26. The van der Waals surface area contributed by atoms with E-state index in [0.29, 0.717) is 17.4 Å². The van der Waals surface area contributed by atoms with E-state index in [0.717, 1.165) is 0 Å². The zero-order valence-corrected chi connectivity index (χ0v) is 13.5. The molecule has 0 saturated carbocycles. The van der Waals surface area contributed by atoms with Crippen molar-refractivity contribution in [3.63, 3.8) is 0 Å². The first-order valence-electron chi connectivity index (χ1n) is 6.08. The molecule has 0 aliphatic carbocycles. The second-order valence-corrected chi connectivity index (χ2v) is 6.62. The first kappa shape index (κ1) is 17.1. The van der Waals surface area contributed by atoms with Gasteiger partial charge in [0.2, 0.25) is 10.0 Å². The number of rotatable bonds is 7. The van der Waals surface area contributed by atoms with Crippen LogP contribution < -0.4 is 10.5 Å². The fourth-order valence-corrected chi connectivity index (χ4v) is 3.23. The van der Waals surface area contributed by atoms with Gasteiger partial charge in [0.05, 0.1) is 17.1 Å². The number of hydrogen-bond acceptors (Lipinski definition) is 5. The average molecular weight is 365 g/mol. The molecule has 0 aliphatic rings. The quantitative estimate of drug-likeness (QED) is 0.560. The monoisotopic (exact) mass is 364 g/mol. The molecule has 0 aromatic heterocycles. The number of nitrogens with one attached hydrogen (secondary N) is 1. The minimum Gasteiger partial charge on any atom is -0.462 e. The number of ether oxygens (including phenoxy) is 1. The van der Waals surface area contributed by atoms with Crippen LogP contribution in [0, 0.1) is 0 Å². The van der Waals surface area contributed by atoms with E-state index < -0.39 is 16.0 Å². The van der Waals surface area contributed by atoms with Crippen molar-refractivity contribution in [3.05, 3.63) is 28.2 Å². The molecule has 0 heterocycles. The zero-order valence-electron chi connectivity index (χ0n) is 11.1. The first-order valence-corrected chi connectivity index (χ1v) is 8.35. The second kappa shape index (κ2) is 7.72. The van der Waals surface area contributed by atoms with Crippen LogP contribution in [0.25, 0.3) is 0 Å². The summed E-state index contributed by atoms with van der Waals surface area (Å²) in [5, 5.41) is 0. The molecule has 20 heavy (non-hydrogen) atoms. The van der Waals surface area contributed by atoms with Gasteiger partial charge in [-0.15, -0.1) is 0 Å². The van der Waals surface area contributed by atoms with E-state index >= 15 is 0 Å². The summed E-state index contributed by atoms with van der Waals surface area (Å²) in [6, 6.07) is 4.22. The Labute approximate surface area is 126 Å². The Balaban J connectivity index is 3.03. The predicted octanol–water partition coefficient (Wildman–Crippen LogP) is 1.25. The van der Waals surface area contributed by atoms with Crippen LogP contribution in [0.3, 0.4) is 0 Å². The van der Waals surface area contributed by atoms with Crippen LogP contribution in [0.5, 0.6) is 0 Å². The third-order valence-electron chi connectivity index (χ3n) is 2.37. The maximum Gasteiger partial charge on any atom is 0.338 e. The van der Waals surface area contributed by atoms with Gasteiger partial charge in [0.25, 0.3) is 0 Å². The number of esters is 1. The molecule has 0 spiro atoms. The van der Waals surface area contributed by atoms with Crippen LogP contribution in [-0.4, -0.2) is 34.1 Å². The summed E-state index contributed by atoms with van der Waals surface area (Å²) < 4.78 is 31.9. The van der Waals surface area contributed by atoms with E-state index in [1.807, 2.05) is 0 Å². The van der Waals surface area contributed by atoms with Crippen molar-refractivity contribution in [1.82, 2.24) is 4.72 Å². The SMILES string of the molecule is CCOC(=O)c1cc(Br)cc(S(=O)(=O)NCCCN)c1. The van der Waals surface area contributed by atoms with Gasteiger partial charge in [-0.1, -0.05) is 15.9 Å². The summed E-state index contributed by atoms with van der Waals surface area (Å²) in [5.74, 6) is -0.563. The number of hydrogen-bond donors (Lipinski definition) is 2. The minimum atomic E-state index is -3.67. The number of nitrogens with two attached hydrogens (primary N) is 1.